The predicted octanol–water partition coefficient (Wildman–Crippen LogP) is 1.58. The van der Waals surface area contributed by atoms with Gasteiger partial charge >= 0.3 is 0 Å². The molecule has 0 spiro atoms. The smallest absolute Gasteiger partial charge is 0.272 e. The monoisotopic (exact) mass is 298 g/mol. The largest absolute Gasteiger partial charge is 0.389 e. The van der Waals surface area contributed by atoms with E-state index in [0.29, 0.717) is 18.8 Å². The SMILES string of the molecule is O=C(c1cccc(-c2ccccc2)n1)N1CCOCC(O)C1. The molecule has 22 heavy (non-hydrogen) atoms. The zero-order valence-electron chi connectivity index (χ0n) is 12.2. The molecule has 1 amide bonds. The van der Waals surface area contributed by atoms with Crippen LogP contribution < -0.4 is 0 Å². The van der Waals surface area contributed by atoms with Crippen molar-refractivity contribution >= 4 is 5.91 Å². The standard InChI is InChI=1S/C17H18N2O3/c20-14-11-19(9-10-22-12-14)17(21)16-8-4-7-15(18-16)13-5-2-1-3-6-13/h1-8,14,20H,9-12H2. The third-order valence-electron chi connectivity index (χ3n) is 3.57. The lowest BCUT2D eigenvalue weighted by atomic mass is 10.1. The molecule has 2 heterocycles. The zero-order valence-corrected chi connectivity index (χ0v) is 12.2. The van der Waals surface area contributed by atoms with E-state index < -0.39 is 6.10 Å². The number of benzene rings is 1. The molecule has 0 bridgehead atoms. The summed E-state index contributed by atoms with van der Waals surface area (Å²) in [6.45, 7) is 1.44. The summed E-state index contributed by atoms with van der Waals surface area (Å²) < 4.78 is 5.25. The van der Waals surface area contributed by atoms with Crippen molar-refractivity contribution in [3.05, 3.63) is 54.2 Å². The number of aliphatic hydroxyl groups excluding tert-OH is 1. The second-order valence-corrected chi connectivity index (χ2v) is 5.25. The molecule has 1 atom stereocenters. The number of aromatic nitrogens is 1. The molecule has 1 saturated heterocycles. The van der Waals surface area contributed by atoms with E-state index in [2.05, 4.69) is 4.98 Å². The lowest BCUT2D eigenvalue weighted by Gasteiger charge is -2.21. The van der Waals surface area contributed by atoms with Crippen LogP contribution in [0.3, 0.4) is 0 Å². The molecular formula is C17H18N2O3. The minimum atomic E-state index is -0.649. The van der Waals surface area contributed by atoms with Gasteiger partial charge in [0.2, 0.25) is 0 Å². The molecule has 0 saturated carbocycles. The van der Waals surface area contributed by atoms with Gasteiger partial charge in [-0.2, -0.15) is 0 Å². The summed E-state index contributed by atoms with van der Waals surface area (Å²) in [6.07, 6.45) is -0.649. The molecule has 1 N–H and O–H groups in total. The van der Waals surface area contributed by atoms with Gasteiger partial charge in [-0.3, -0.25) is 4.79 Å². The highest BCUT2D eigenvalue weighted by atomic mass is 16.5. The van der Waals surface area contributed by atoms with Crippen LogP contribution in [0.25, 0.3) is 11.3 Å². The molecule has 1 fully saturated rings. The first kappa shape index (κ1) is 14.7. The van der Waals surface area contributed by atoms with Gasteiger partial charge < -0.3 is 14.7 Å². The summed E-state index contributed by atoms with van der Waals surface area (Å²) in [5.41, 5.74) is 2.12. The lowest BCUT2D eigenvalue weighted by molar-refractivity contribution is 0.0533. The molecule has 5 nitrogen and oxygen atoms in total. The van der Waals surface area contributed by atoms with E-state index in [4.69, 9.17) is 4.74 Å². The molecule has 0 radical (unpaired) electrons. The first-order valence-corrected chi connectivity index (χ1v) is 7.31. The first-order valence-electron chi connectivity index (χ1n) is 7.31. The van der Waals surface area contributed by atoms with Crippen molar-refractivity contribution in [1.82, 2.24) is 9.88 Å². The molecule has 1 aromatic carbocycles. The van der Waals surface area contributed by atoms with Gasteiger partial charge in [0.05, 0.1) is 25.0 Å². The van der Waals surface area contributed by atoms with Crippen LogP contribution >= 0.6 is 0 Å². The minimum absolute atomic E-state index is 0.178. The lowest BCUT2D eigenvalue weighted by Crippen LogP contribution is -2.38. The van der Waals surface area contributed by atoms with Crippen molar-refractivity contribution < 1.29 is 14.6 Å². The van der Waals surface area contributed by atoms with E-state index >= 15 is 0 Å². The molecule has 5 heteroatoms. The molecule has 3 rings (SSSR count). The van der Waals surface area contributed by atoms with Crippen LogP contribution in [-0.2, 0) is 4.74 Å². The van der Waals surface area contributed by atoms with Gasteiger partial charge in [-0.05, 0) is 12.1 Å². The number of carbonyl (C=O) groups is 1. The van der Waals surface area contributed by atoms with Crippen molar-refractivity contribution in [2.24, 2.45) is 0 Å². The molecule has 1 aliphatic heterocycles. The van der Waals surface area contributed by atoms with Gasteiger partial charge in [-0.25, -0.2) is 4.98 Å². The highest BCUT2D eigenvalue weighted by Gasteiger charge is 2.23. The maximum Gasteiger partial charge on any atom is 0.272 e. The molecule has 1 unspecified atom stereocenters. The van der Waals surface area contributed by atoms with Gasteiger partial charge in [-0.15, -0.1) is 0 Å². The highest BCUT2D eigenvalue weighted by molar-refractivity contribution is 5.93. The van der Waals surface area contributed by atoms with Crippen LogP contribution in [0.5, 0.6) is 0 Å². The number of rotatable bonds is 2. The Morgan fingerprint density at radius 1 is 1.18 bits per heavy atom. The average molecular weight is 298 g/mol. The van der Waals surface area contributed by atoms with Gasteiger partial charge in [0, 0.05) is 18.7 Å². The Labute approximate surface area is 129 Å². The Bertz CT molecular complexity index is 645. The van der Waals surface area contributed by atoms with Gasteiger partial charge in [-0.1, -0.05) is 36.4 Å². The topological polar surface area (TPSA) is 62.7 Å². The number of aliphatic hydroxyl groups is 1. The summed E-state index contributed by atoms with van der Waals surface area (Å²) in [5.74, 6) is -0.178. The van der Waals surface area contributed by atoms with Crippen molar-refractivity contribution in [2.45, 2.75) is 6.10 Å². The average Bonchev–Trinajstić information content (AvgIpc) is 2.79. The van der Waals surface area contributed by atoms with E-state index in [-0.39, 0.29) is 19.1 Å². The van der Waals surface area contributed by atoms with E-state index in [1.54, 1.807) is 11.0 Å². The summed E-state index contributed by atoms with van der Waals surface area (Å²) in [6, 6.07) is 15.1. The third-order valence-corrected chi connectivity index (χ3v) is 3.57. The maximum absolute atomic E-state index is 12.6. The van der Waals surface area contributed by atoms with Crippen molar-refractivity contribution in [2.75, 3.05) is 26.3 Å². The molecule has 0 aliphatic carbocycles. The Morgan fingerprint density at radius 2 is 2.00 bits per heavy atom. The second-order valence-electron chi connectivity index (χ2n) is 5.25. The summed E-state index contributed by atoms with van der Waals surface area (Å²) in [7, 11) is 0. The summed E-state index contributed by atoms with van der Waals surface area (Å²) in [4.78, 5) is 18.6. The number of nitrogens with zero attached hydrogens (tertiary/aromatic N) is 2. The Hall–Kier alpha value is -2.24. The van der Waals surface area contributed by atoms with E-state index in [9.17, 15) is 9.90 Å². The molecule has 1 aliphatic rings. The summed E-state index contributed by atoms with van der Waals surface area (Å²) >= 11 is 0. The van der Waals surface area contributed by atoms with Crippen molar-refractivity contribution in [3.63, 3.8) is 0 Å². The normalized spacial score (nSPS) is 18.8. The number of amides is 1. The Kier molecular flexibility index (Phi) is 4.46. The molecular weight excluding hydrogens is 280 g/mol. The van der Waals surface area contributed by atoms with E-state index in [1.165, 1.54) is 0 Å². The maximum atomic E-state index is 12.6. The van der Waals surface area contributed by atoms with Crippen molar-refractivity contribution in [1.29, 1.82) is 0 Å². The Morgan fingerprint density at radius 3 is 2.82 bits per heavy atom. The van der Waals surface area contributed by atoms with Gasteiger partial charge in [0.15, 0.2) is 0 Å². The quantitative estimate of drug-likeness (QED) is 0.914. The van der Waals surface area contributed by atoms with Crippen LogP contribution in [0.1, 0.15) is 10.5 Å². The second kappa shape index (κ2) is 6.68. The van der Waals surface area contributed by atoms with Crippen LogP contribution in [0, 0.1) is 0 Å². The number of carbonyl (C=O) groups excluding carboxylic acids is 1. The van der Waals surface area contributed by atoms with Crippen LogP contribution in [0.15, 0.2) is 48.5 Å². The van der Waals surface area contributed by atoms with Crippen LogP contribution in [-0.4, -0.2) is 53.3 Å². The predicted molar refractivity (Wildman–Crippen MR) is 82.4 cm³/mol. The fourth-order valence-corrected chi connectivity index (χ4v) is 2.46. The van der Waals surface area contributed by atoms with Crippen molar-refractivity contribution in [3.8, 4) is 11.3 Å². The number of hydrogen-bond acceptors (Lipinski definition) is 4. The van der Waals surface area contributed by atoms with Crippen LogP contribution in [0.4, 0.5) is 0 Å². The number of β-amino-alcohol motifs (C(OH)–C–C–N with tert-alkyl or cyclic N) is 1. The third kappa shape index (κ3) is 3.32. The highest BCUT2D eigenvalue weighted by Crippen LogP contribution is 2.17. The van der Waals surface area contributed by atoms with Gasteiger partial charge in [0.25, 0.3) is 5.91 Å². The molecule has 1 aromatic heterocycles. The fourth-order valence-electron chi connectivity index (χ4n) is 2.46. The molecule has 2 aromatic rings. The Balaban J connectivity index is 1.84. The van der Waals surface area contributed by atoms with E-state index in [1.807, 2.05) is 42.5 Å². The minimum Gasteiger partial charge on any atom is -0.389 e. The van der Waals surface area contributed by atoms with Gasteiger partial charge in [0.1, 0.15) is 5.69 Å². The fraction of sp³-hybridized carbons (Fsp3) is 0.294. The number of ether oxygens (including phenoxy) is 1. The van der Waals surface area contributed by atoms with Crippen LogP contribution in [0.2, 0.25) is 0 Å². The summed E-state index contributed by atoms with van der Waals surface area (Å²) in [5, 5.41) is 9.75. The molecule has 114 valence electrons. The first-order chi connectivity index (χ1) is 10.7. The zero-order chi connectivity index (χ0) is 15.4. The number of pyridine rings is 1. The van der Waals surface area contributed by atoms with E-state index in [0.717, 1.165) is 11.3 Å². The number of hydrogen-bond donors (Lipinski definition) is 1.